The lowest BCUT2D eigenvalue weighted by atomic mass is 9.99. The van der Waals surface area contributed by atoms with E-state index in [4.69, 9.17) is 0 Å². The molecule has 4 nitrogen and oxygen atoms in total. The van der Waals surface area contributed by atoms with Gasteiger partial charge in [0.05, 0.1) is 5.69 Å². The van der Waals surface area contributed by atoms with Gasteiger partial charge < -0.3 is 9.80 Å². The second-order valence-electron chi connectivity index (χ2n) is 6.03. The van der Waals surface area contributed by atoms with Crippen LogP contribution in [0.1, 0.15) is 32.1 Å². The number of aliphatic imine (C=N–C) groups is 1. The molecular weight excluding hydrogens is 262 g/mol. The van der Waals surface area contributed by atoms with E-state index in [0.29, 0.717) is 5.69 Å². The van der Waals surface area contributed by atoms with E-state index in [1.165, 1.54) is 50.9 Å². The molecule has 0 radical (unpaired) electrons. The number of likely N-dealkylation sites (tertiary alicyclic amines) is 1. The third-order valence-corrected chi connectivity index (χ3v) is 4.76. The first-order valence-corrected chi connectivity index (χ1v) is 8.04. The van der Waals surface area contributed by atoms with Gasteiger partial charge in [0.2, 0.25) is 6.08 Å². The molecule has 2 aliphatic heterocycles. The van der Waals surface area contributed by atoms with E-state index in [9.17, 15) is 4.79 Å². The van der Waals surface area contributed by atoms with E-state index in [1.54, 1.807) is 6.08 Å². The van der Waals surface area contributed by atoms with Crippen molar-refractivity contribution in [2.24, 2.45) is 4.99 Å². The Morgan fingerprint density at radius 3 is 2.24 bits per heavy atom. The highest BCUT2D eigenvalue weighted by Gasteiger charge is 2.25. The minimum atomic E-state index is 0.678. The van der Waals surface area contributed by atoms with Crippen molar-refractivity contribution in [1.29, 1.82) is 0 Å². The first-order valence-electron chi connectivity index (χ1n) is 8.04. The Morgan fingerprint density at radius 2 is 1.62 bits per heavy atom. The van der Waals surface area contributed by atoms with Crippen molar-refractivity contribution in [2.75, 3.05) is 31.1 Å². The summed E-state index contributed by atoms with van der Waals surface area (Å²) in [5.74, 6) is 0. The van der Waals surface area contributed by atoms with Crippen molar-refractivity contribution in [3.8, 4) is 0 Å². The Morgan fingerprint density at radius 1 is 0.952 bits per heavy atom. The maximum atomic E-state index is 10.2. The molecule has 2 fully saturated rings. The van der Waals surface area contributed by atoms with Crippen molar-refractivity contribution >= 4 is 17.5 Å². The van der Waals surface area contributed by atoms with Gasteiger partial charge in [0.1, 0.15) is 0 Å². The lowest BCUT2D eigenvalue weighted by Gasteiger charge is -2.41. The summed E-state index contributed by atoms with van der Waals surface area (Å²) in [5.41, 5.74) is 1.91. The molecule has 0 spiro atoms. The highest BCUT2D eigenvalue weighted by Crippen LogP contribution is 2.26. The van der Waals surface area contributed by atoms with Crippen LogP contribution < -0.4 is 4.90 Å². The molecule has 112 valence electrons. The van der Waals surface area contributed by atoms with Gasteiger partial charge >= 0.3 is 0 Å². The molecule has 1 aromatic rings. The zero-order valence-electron chi connectivity index (χ0n) is 12.5. The molecule has 0 aromatic heterocycles. The monoisotopic (exact) mass is 285 g/mol. The largest absolute Gasteiger partial charge is 0.371 e. The second-order valence-corrected chi connectivity index (χ2v) is 6.03. The van der Waals surface area contributed by atoms with E-state index in [0.717, 1.165) is 19.1 Å². The van der Waals surface area contributed by atoms with Crippen LogP contribution in [0.15, 0.2) is 29.3 Å². The first kappa shape index (κ1) is 14.3. The fourth-order valence-electron chi connectivity index (χ4n) is 3.56. The van der Waals surface area contributed by atoms with Crippen LogP contribution in [0, 0.1) is 0 Å². The first-order chi connectivity index (χ1) is 10.4. The molecule has 21 heavy (non-hydrogen) atoms. The van der Waals surface area contributed by atoms with E-state index in [-0.39, 0.29) is 0 Å². The molecule has 2 aliphatic rings. The van der Waals surface area contributed by atoms with Crippen LogP contribution in [0.25, 0.3) is 0 Å². The highest BCUT2D eigenvalue weighted by molar-refractivity contribution is 5.56. The summed E-state index contributed by atoms with van der Waals surface area (Å²) in [4.78, 5) is 19.0. The lowest BCUT2D eigenvalue weighted by molar-refractivity contribution is 0.141. The van der Waals surface area contributed by atoms with Crippen LogP contribution >= 0.6 is 0 Å². The fraction of sp³-hybridized carbons (Fsp3) is 0.588. The average molecular weight is 285 g/mol. The lowest BCUT2D eigenvalue weighted by Crippen LogP contribution is -2.46. The summed E-state index contributed by atoms with van der Waals surface area (Å²) in [6.45, 7) is 4.83. The van der Waals surface area contributed by atoms with Crippen molar-refractivity contribution in [2.45, 2.75) is 38.1 Å². The molecule has 3 rings (SSSR count). The zero-order chi connectivity index (χ0) is 14.5. The molecule has 2 heterocycles. The third-order valence-electron chi connectivity index (χ3n) is 4.76. The molecule has 0 N–H and O–H groups in total. The summed E-state index contributed by atoms with van der Waals surface area (Å²) in [5, 5.41) is 0. The van der Waals surface area contributed by atoms with Crippen LogP contribution in [0.5, 0.6) is 0 Å². The zero-order valence-corrected chi connectivity index (χ0v) is 12.5. The van der Waals surface area contributed by atoms with Crippen molar-refractivity contribution in [3.05, 3.63) is 24.3 Å². The Kier molecular flexibility index (Phi) is 4.69. The number of hydrogen-bond acceptors (Lipinski definition) is 4. The molecule has 0 bridgehead atoms. The number of rotatable bonds is 3. The van der Waals surface area contributed by atoms with Crippen LogP contribution in [-0.2, 0) is 4.79 Å². The summed E-state index contributed by atoms with van der Waals surface area (Å²) >= 11 is 0. The number of anilines is 1. The molecule has 0 unspecified atom stereocenters. The molecule has 0 saturated carbocycles. The Labute approximate surface area is 126 Å². The van der Waals surface area contributed by atoms with Gasteiger partial charge in [-0.05, 0) is 63.0 Å². The van der Waals surface area contributed by atoms with Gasteiger partial charge in [-0.3, -0.25) is 0 Å². The number of isocyanates is 1. The number of nitrogens with zero attached hydrogens (tertiary/aromatic N) is 3. The molecule has 4 heteroatoms. The molecule has 0 aliphatic carbocycles. The highest BCUT2D eigenvalue weighted by atomic mass is 16.1. The van der Waals surface area contributed by atoms with Gasteiger partial charge in [-0.1, -0.05) is 6.42 Å². The van der Waals surface area contributed by atoms with Crippen molar-refractivity contribution in [3.63, 3.8) is 0 Å². The van der Waals surface area contributed by atoms with Crippen molar-refractivity contribution < 1.29 is 4.79 Å². The summed E-state index contributed by atoms with van der Waals surface area (Å²) in [7, 11) is 0. The predicted octanol–water partition coefficient (Wildman–Crippen LogP) is 3.11. The van der Waals surface area contributed by atoms with E-state index < -0.39 is 0 Å². The maximum Gasteiger partial charge on any atom is 0.240 e. The standard InChI is InChI=1S/C17H23N3O/c21-14-18-15-4-6-16(7-5-15)20-12-8-17(9-13-20)19-10-2-1-3-11-19/h4-7,17H,1-3,8-13H2. The summed E-state index contributed by atoms with van der Waals surface area (Å²) in [6, 6.07) is 8.66. The second kappa shape index (κ2) is 6.88. The van der Waals surface area contributed by atoms with Crippen LogP contribution in [0.4, 0.5) is 11.4 Å². The summed E-state index contributed by atoms with van der Waals surface area (Å²) < 4.78 is 0. The van der Waals surface area contributed by atoms with Gasteiger partial charge in [-0.2, -0.15) is 4.99 Å². The van der Waals surface area contributed by atoms with Gasteiger partial charge in [0, 0.05) is 24.8 Å². The van der Waals surface area contributed by atoms with Gasteiger partial charge in [-0.25, -0.2) is 4.79 Å². The molecular formula is C17H23N3O. The third kappa shape index (κ3) is 3.52. The van der Waals surface area contributed by atoms with Gasteiger partial charge in [0.15, 0.2) is 0 Å². The Bertz CT molecular complexity index is 493. The Balaban J connectivity index is 1.56. The quantitative estimate of drug-likeness (QED) is 0.632. The van der Waals surface area contributed by atoms with Gasteiger partial charge in [0.25, 0.3) is 0 Å². The van der Waals surface area contributed by atoms with Crippen LogP contribution in [0.3, 0.4) is 0 Å². The SMILES string of the molecule is O=C=Nc1ccc(N2CCC(N3CCCCC3)CC2)cc1. The average Bonchev–Trinajstić information content (AvgIpc) is 2.57. The van der Waals surface area contributed by atoms with E-state index in [1.807, 2.05) is 12.1 Å². The summed E-state index contributed by atoms with van der Waals surface area (Å²) in [6.07, 6.45) is 8.25. The topological polar surface area (TPSA) is 35.9 Å². The minimum Gasteiger partial charge on any atom is -0.371 e. The fourth-order valence-corrected chi connectivity index (χ4v) is 3.56. The Hall–Kier alpha value is -1.64. The number of piperidine rings is 2. The number of benzene rings is 1. The molecule has 0 amide bonds. The smallest absolute Gasteiger partial charge is 0.240 e. The maximum absolute atomic E-state index is 10.2. The van der Waals surface area contributed by atoms with E-state index in [2.05, 4.69) is 26.9 Å². The molecule has 2 saturated heterocycles. The normalized spacial score (nSPS) is 21.0. The minimum absolute atomic E-state index is 0.678. The number of hydrogen-bond donors (Lipinski definition) is 0. The van der Waals surface area contributed by atoms with E-state index >= 15 is 0 Å². The molecule has 0 atom stereocenters. The van der Waals surface area contributed by atoms with Crippen molar-refractivity contribution in [1.82, 2.24) is 4.90 Å². The number of carbonyl (C=O) groups excluding carboxylic acids is 1. The molecule has 1 aromatic carbocycles. The van der Waals surface area contributed by atoms with Gasteiger partial charge in [-0.15, -0.1) is 0 Å². The predicted molar refractivity (Wildman–Crippen MR) is 84.9 cm³/mol. The van der Waals surface area contributed by atoms with Crippen LogP contribution in [-0.4, -0.2) is 43.2 Å². The van der Waals surface area contributed by atoms with Crippen LogP contribution in [0.2, 0.25) is 0 Å².